The zero-order valence-electron chi connectivity index (χ0n) is 13.8. The first-order chi connectivity index (χ1) is 11.7. The Balaban J connectivity index is 1.61. The van der Waals surface area contributed by atoms with Gasteiger partial charge in [-0.25, -0.2) is 0 Å². The Labute approximate surface area is 142 Å². The van der Waals surface area contributed by atoms with Crippen LogP contribution in [-0.2, 0) is 12.8 Å². The smallest absolute Gasteiger partial charge is 0.108 e. The molecule has 1 heterocycles. The molecule has 0 fully saturated rings. The normalized spacial score (nSPS) is 16.7. The highest BCUT2D eigenvalue weighted by molar-refractivity contribution is 5.68. The van der Waals surface area contributed by atoms with Crippen LogP contribution in [0.4, 0.5) is 11.5 Å². The minimum Gasteiger partial charge on any atom is -0.393 e. The van der Waals surface area contributed by atoms with Crippen LogP contribution in [0.2, 0.25) is 0 Å². The molecule has 0 amide bonds. The minimum atomic E-state index is -0.230. The number of anilines is 2. The van der Waals surface area contributed by atoms with Gasteiger partial charge < -0.3 is 15.4 Å². The van der Waals surface area contributed by atoms with Gasteiger partial charge in [0.2, 0.25) is 0 Å². The highest BCUT2D eigenvalue weighted by atomic mass is 16.3. The lowest BCUT2D eigenvalue weighted by Crippen LogP contribution is -2.19. The second-order valence-electron chi connectivity index (χ2n) is 6.62. The van der Waals surface area contributed by atoms with E-state index < -0.39 is 0 Å². The van der Waals surface area contributed by atoms with E-state index in [9.17, 15) is 5.11 Å². The minimum absolute atomic E-state index is 0.230. The Kier molecular flexibility index (Phi) is 3.87. The first-order valence-corrected chi connectivity index (χ1v) is 8.51. The molecule has 1 aliphatic carbocycles. The molecular formula is C21H22N2O. The number of fused-ring (bicyclic) bond motifs is 1. The van der Waals surface area contributed by atoms with Gasteiger partial charge in [-0.2, -0.15) is 0 Å². The van der Waals surface area contributed by atoms with Crippen LogP contribution in [0.5, 0.6) is 0 Å². The van der Waals surface area contributed by atoms with E-state index in [2.05, 4.69) is 71.8 Å². The van der Waals surface area contributed by atoms with Crippen molar-refractivity contribution in [3.05, 3.63) is 71.3 Å². The average Bonchev–Trinajstić information content (AvgIpc) is 3.04. The molecule has 3 nitrogen and oxygen atoms in total. The second-order valence-corrected chi connectivity index (χ2v) is 6.62. The predicted octanol–water partition coefficient (Wildman–Crippen LogP) is 4.58. The fourth-order valence-electron chi connectivity index (χ4n) is 3.48. The number of nitrogens with one attached hydrogen (secondary N) is 2. The number of aromatic nitrogens is 1. The van der Waals surface area contributed by atoms with Crippen molar-refractivity contribution in [2.45, 2.75) is 32.3 Å². The van der Waals surface area contributed by atoms with E-state index in [1.807, 2.05) is 0 Å². The molecular weight excluding hydrogens is 296 g/mol. The van der Waals surface area contributed by atoms with E-state index in [0.717, 1.165) is 36.5 Å². The molecule has 0 radical (unpaired) electrons. The SMILES string of the molecule is Cc1cccc(-c2ccc(Nc3cccc4c3CC(O)CC4)[nH]2)c1. The molecule has 0 spiro atoms. The number of aromatic amines is 1. The topological polar surface area (TPSA) is 48.0 Å². The molecule has 1 unspecified atom stereocenters. The maximum Gasteiger partial charge on any atom is 0.108 e. The van der Waals surface area contributed by atoms with Crippen LogP contribution in [0.3, 0.4) is 0 Å². The van der Waals surface area contributed by atoms with Gasteiger partial charge in [0.25, 0.3) is 0 Å². The highest BCUT2D eigenvalue weighted by Crippen LogP contribution is 2.31. The highest BCUT2D eigenvalue weighted by Gasteiger charge is 2.19. The summed E-state index contributed by atoms with van der Waals surface area (Å²) >= 11 is 0. The maximum atomic E-state index is 9.99. The summed E-state index contributed by atoms with van der Waals surface area (Å²) < 4.78 is 0. The van der Waals surface area contributed by atoms with Crippen LogP contribution in [0, 0.1) is 6.92 Å². The predicted molar refractivity (Wildman–Crippen MR) is 98.7 cm³/mol. The van der Waals surface area contributed by atoms with E-state index in [0.29, 0.717) is 0 Å². The molecule has 3 aromatic rings. The fourth-order valence-corrected chi connectivity index (χ4v) is 3.48. The number of aliphatic hydroxyl groups is 1. The molecule has 0 aliphatic heterocycles. The van der Waals surface area contributed by atoms with Crippen molar-refractivity contribution in [2.75, 3.05) is 5.32 Å². The Hall–Kier alpha value is -2.52. The van der Waals surface area contributed by atoms with Crippen LogP contribution in [-0.4, -0.2) is 16.2 Å². The summed E-state index contributed by atoms with van der Waals surface area (Å²) in [5, 5.41) is 13.5. The number of aryl methyl sites for hydroxylation is 2. The Morgan fingerprint density at radius 1 is 1.08 bits per heavy atom. The number of hydrogen-bond donors (Lipinski definition) is 3. The van der Waals surface area contributed by atoms with Crippen molar-refractivity contribution in [1.82, 2.24) is 4.98 Å². The fraction of sp³-hybridized carbons (Fsp3) is 0.238. The van der Waals surface area contributed by atoms with Gasteiger partial charge in [-0.1, -0.05) is 35.9 Å². The zero-order valence-corrected chi connectivity index (χ0v) is 13.8. The van der Waals surface area contributed by atoms with Gasteiger partial charge in [0.05, 0.1) is 6.10 Å². The lowest BCUT2D eigenvalue weighted by molar-refractivity contribution is 0.159. The maximum absolute atomic E-state index is 9.99. The lowest BCUT2D eigenvalue weighted by atomic mass is 9.88. The molecule has 4 rings (SSSR count). The number of benzene rings is 2. The Morgan fingerprint density at radius 3 is 2.83 bits per heavy atom. The van der Waals surface area contributed by atoms with Crippen molar-refractivity contribution >= 4 is 11.5 Å². The van der Waals surface area contributed by atoms with Gasteiger partial charge in [-0.05, 0) is 60.7 Å². The summed E-state index contributed by atoms with van der Waals surface area (Å²) in [6.45, 7) is 2.10. The summed E-state index contributed by atoms with van der Waals surface area (Å²) in [6.07, 6.45) is 2.30. The van der Waals surface area contributed by atoms with E-state index in [1.165, 1.54) is 22.3 Å². The number of hydrogen-bond acceptors (Lipinski definition) is 2. The summed E-state index contributed by atoms with van der Waals surface area (Å²) in [5.41, 5.74) is 7.21. The number of aliphatic hydroxyl groups excluding tert-OH is 1. The Morgan fingerprint density at radius 2 is 1.96 bits per heavy atom. The van der Waals surface area contributed by atoms with Gasteiger partial charge in [0.1, 0.15) is 5.82 Å². The molecule has 1 atom stereocenters. The quantitative estimate of drug-likeness (QED) is 0.662. The molecule has 122 valence electrons. The van der Waals surface area contributed by atoms with Gasteiger partial charge in [0, 0.05) is 17.8 Å². The van der Waals surface area contributed by atoms with Crippen LogP contribution < -0.4 is 5.32 Å². The summed E-state index contributed by atoms with van der Waals surface area (Å²) in [4.78, 5) is 3.45. The average molecular weight is 318 g/mol. The lowest BCUT2D eigenvalue weighted by Gasteiger charge is -2.23. The summed E-state index contributed by atoms with van der Waals surface area (Å²) in [6, 6.07) is 19.0. The zero-order chi connectivity index (χ0) is 16.5. The van der Waals surface area contributed by atoms with Crippen molar-refractivity contribution < 1.29 is 5.11 Å². The standard InChI is InChI=1S/C21H22N2O/c1-14-4-2-6-16(12-14)19-10-11-21(22-19)23-20-7-3-5-15-8-9-17(24)13-18(15)20/h2-7,10-12,17,22-24H,8-9,13H2,1H3. The van der Waals surface area contributed by atoms with Gasteiger partial charge in [-0.15, -0.1) is 0 Å². The van der Waals surface area contributed by atoms with Crippen LogP contribution in [0.15, 0.2) is 54.6 Å². The first-order valence-electron chi connectivity index (χ1n) is 8.51. The van der Waals surface area contributed by atoms with Crippen LogP contribution in [0.1, 0.15) is 23.1 Å². The Bertz CT molecular complexity index is 866. The molecule has 0 saturated heterocycles. The van der Waals surface area contributed by atoms with Crippen molar-refractivity contribution in [3.8, 4) is 11.3 Å². The van der Waals surface area contributed by atoms with E-state index >= 15 is 0 Å². The largest absolute Gasteiger partial charge is 0.393 e. The van der Waals surface area contributed by atoms with Crippen molar-refractivity contribution in [2.24, 2.45) is 0 Å². The van der Waals surface area contributed by atoms with Crippen molar-refractivity contribution in [3.63, 3.8) is 0 Å². The van der Waals surface area contributed by atoms with Gasteiger partial charge >= 0.3 is 0 Å². The third-order valence-corrected chi connectivity index (χ3v) is 4.74. The number of rotatable bonds is 3. The molecule has 1 aromatic heterocycles. The molecule has 0 bridgehead atoms. The monoisotopic (exact) mass is 318 g/mol. The van der Waals surface area contributed by atoms with E-state index in [-0.39, 0.29) is 6.10 Å². The van der Waals surface area contributed by atoms with Crippen molar-refractivity contribution in [1.29, 1.82) is 0 Å². The third-order valence-electron chi connectivity index (χ3n) is 4.74. The molecule has 3 N–H and O–H groups in total. The molecule has 3 heteroatoms. The van der Waals surface area contributed by atoms with E-state index in [1.54, 1.807) is 0 Å². The second kappa shape index (κ2) is 6.17. The molecule has 24 heavy (non-hydrogen) atoms. The van der Waals surface area contributed by atoms with Crippen LogP contribution in [0.25, 0.3) is 11.3 Å². The van der Waals surface area contributed by atoms with Gasteiger partial charge in [-0.3, -0.25) is 0 Å². The molecule has 2 aromatic carbocycles. The molecule has 0 saturated carbocycles. The first kappa shape index (κ1) is 15.0. The summed E-state index contributed by atoms with van der Waals surface area (Å²) in [5.74, 6) is 0.972. The van der Waals surface area contributed by atoms with E-state index in [4.69, 9.17) is 0 Å². The van der Waals surface area contributed by atoms with Crippen LogP contribution >= 0.6 is 0 Å². The number of H-pyrrole nitrogens is 1. The molecule has 1 aliphatic rings. The van der Waals surface area contributed by atoms with Gasteiger partial charge in [0.15, 0.2) is 0 Å². The third kappa shape index (κ3) is 2.95. The summed E-state index contributed by atoms with van der Waals surface area (Å²) in [7, 11) is 0.